The van der Waals surface area contributed by atoms with Crippen LogP contribution in [-0.4, -0.2) is 15.8 Å². The van der Waals surface area contributed by atoms with Crippen LogP contribution in [0.1, 0.15) is 37.4 Å². The predicted molar refractivity (Wildman–Crippen MR) is 103 cm³/mol. The minimum absolute atomic E-state index is 0.133. The summed E-state index contributed by atoms with van der Waals surface area (Å²) in [5.74, 6) is -0.133. The molecule has 0 saturated heterocycles. The largest absolute Gasteiger partial charge is 0.302 e. The monoisotopic (exact) mass is 345 g/mol. The molecular weight excluding hydrogens is 322 g/mol. The molecule has 132 valence electrons. The molecule has 0 spiro atoms. The highest BCUT2D eigenvalue weighted by atomic mass is 16.2. The lowest BCUT2D eigenvalue weighted by molar-refractivity contribution is -0.124. The summed E-state index contributed by atoms with van der Waals surface area (Å²) in [6, 6.07) is 17.6. The van der Waals surface area contributed by atoms with Crippen molar-refractivity contribution in [1.29, 1.82) is 5.26 Å². The number of pyridine rings is 1. The standard InChI is InChI=1S/C22H23N3O/c1-18(2)22(26)25(17-19-11-5-3-6-12-19)21(14-7-4-9-15-23)20-13-8-10-16-24-20/h3,5-6,8,10-14,16H,1,4,7,9,17H2,2H3. The normalized spacial score (nSPS) is 10.8. The van der Waals surface area contributed by atoms with Crippen molar-refractivity contribution in [3.8, 4) is 6.07 Å². The molecule has 26 heavy (non-hydrogen) atoms. The average molecular weight is 345 g/mol. The van der Waals surface area contributed by atoms with E-state index in [0.29, 0.717) is 25.0 Å². The summed E-state index contributed by atoms with van der Waals surface area (Å²) < 4.78 is 0. The number of nitrogens with zero attached hydrogens (tertiary/aromatic N) is 3. The summed E-state index contributed by atoms with van der Waals surface area (Å²) >= 11 is 0. The Hall–Kier alpha value is -3.19. The first kappa shape index (κ1) is 19.1. The molecule has 2 rings (SSSR count). The number of carbonyl (C=O) groups is 1. The average Bonchev–Trinajstić information content (AvgIpc) is 2.67. The van der Waals surface area contributed by atoms with Crippen LogP contribution in [0.25, 0.3) is 5.70 Å². The maximum absolute atomic E-state index is 12.9. The second-order valence-electron chi connectivity index (χ2n) is 6.01. The van der Waals surface area contributed by atoms with Gasteiger partial charge in [-0.25, -0.2) is 0 Å². The predicted octanol–water partition coefficient (Wildman–Crippen LogP) is 4.72. The van der Waals surface area contributed by atoms with Crippen LogP contribution in [0.15, 0.2) is 73.0 Å². The Morgan fingerprint density at radius 3 is 2.58 bits per heavy atom. The molecule has 1 heterocycles. The molecule has 0 saturated carbocycles. The third kappa shape index (κ3) is 5.42. The third-order valence-electron chi connectivity index (χ3n) is 3.84. The van der Waals surface area contributed by atoms with Crippen molar-refractivity contribution in [1.82, 2.24) is 9.88 Å². The highest BCUT2D eigenvalue weighted by Crippen LogP contribution is 2.23. The number of nitriles is 1. The van der Waals surface area contributed by atoms with Gasteiger partial charge < -0.3 is 4.90 Å². The molecule has 0 unspecified atom stereocenters. The Morgan fingerprint density at radius 2 is 1.96 bits per heavy atom. The van der Waals surface area contributed by atoms with Gasteiger partial charge in [0.05, 0.1) is 24.0 Å². The second kappa shape index (κ2) is 9.95. The first-order valence-electron chi connectivity index (χ1n) is 8.63. The maximum Gasteiger partial charge on any atom is 0.253 e. The van der Waals surface area contributed by atoms with E-state index in [1.165, 1.54) is 0 Å². The summed E-state index contributed by atoms with van der Waals surface area (Å²) in [5, 5.41) is 8.75. The van der Waals surface area contributed by atoms with Crippen LogP contribution in [-0.2, 0) is 11.3 Å². The van der Waals surface area contributed by atoms with Gasteiger partial charge in [-0.2, -0.15) is 5.26 Å². The van der Waals surface area contributed by atoms with Crippen LogP contribution >= 0.6 is 0 Å². The second-order valence-corrected chi connectivity index (χ2v) is 6.01. The Bertz CT molecular complexity index is 804. The summed E-state index contributed by atoms with van der Waals surface area (Å²) in [7, 11) is 0. The molecule has 1 amide bonds. The molecule has 0 bridgehead atoms. The van der Waals surface area contributed by atoms with Gasteiger partial charge in [0, 0.05) is 18.2 Å². The van der Waals surface area contributed by atoms with Crippen LogP contribution in [0.4, 0.5) is 0 Å². The lowest BCUT2D eigenvalue weighted by Crippen LogP contribution is -2.30. The number of amides is 1. The van der Waals surface area contributed by atoms with Crippen molar-refractivity contribution in [2.45, 2.75) is 32.7 Å². The van der Waals surface area contributed by atoms with Gasteiger partial charge in [-0.05, 0) is 37.5 Å². The molecule has 0 N–H and O–H groups in total. The highest BCUT2D eigenvalue weighted by Gasteiger charge is 2.21. The van der Waals surface area contributed by atoms with E-state index in [0.717, 1.165) is 23.4 Å². The maximum atomic E-state index is 12.9. The van der Waals surface area contributed by atoms with E-state index < -0.39 is 0 Å². The first-order chi connectivity index (χ1) is 12.6. The zero-order chi connectivity index (χ0) is 18.8. The molecule has 1 aromatic heterocycles. The van der Waals surface area contributed by atoms with Gasteiger partial charge in [-0.15, -0.1) is 0 Å². The van der Waals surface area contributed by atoms with E-state index in [1.54, 1.807) is 18.0 Å². The number of benzene rings is 1. The van der Waals surface area contributed by atoms with Crippen LogP contribution in [0, 0.1) is 11.3 Å². The molecule has 0 fully saturated rings. The summed E-state index contributed by atoms with van der Waals surface area (Å²) in [5.41, 5.74) is 2.98. The van der Waals surface area contributed by atoms with Gasteiger partial charge in [0.25, 0.3) is 5.91 Å². The Kier molecular flexibility index (Phi) is 7.32. The molecule has 2 aromatic rings. The van der Waals surface area contributed by atoms with Crippen molar-refractivity contribution >= 4 is 11.6 Å². The Morgan fingerprint density at radius 1 is 1.23 bits per heavy atom. The van der Waals surface area contributed by atoms with E-state index in [4.69, 9.17) is 5.26 Å². The van der Waals surface area contributed by atoms with E-state index in [-0.39, 0.29) is 5.91 Å². The van der Waals surface area contributed by atoms with Crippen LogP contribution < -0.4 is 0 Å². The van der Waals surface area contributed by atoms with Crippen molar-refractivity contribution in [3.05, 3.63) is 84.2 Å². The summed E-state index contributed by atoms with van der Waals surface area (Å²) in [6.45, 7) is 5.97. The topological polar surface area (TPSA) is 57.0 Å². The van der Waals surface area contributed by atoms with Gasteiger partial charge in [0.2, 0.25) is 0 Å². The number of aromatic nitrogens is 1. The van der Waals surface area contributed by atoms with Crippen LogP contribution in [0.3, 0.4) is 0 Å². The van der Waals surface area contributed by atoms with E-state index in [1.807, 2.05) is 54.6 Å². The zero-order valence-corrected chi connectivity index (χ0v) is 15.1. The minimum atomic E-state index is -0.133. The number of hydrogen-bond donors (Lipinski definition) is 0. The smallest absolute Gasteiger partial charge is 0.253 e. The van der Waals surface area contributed by atoms with Crippen molar-refractivity contribution in [2.75, 3.05) is 0 Å². The number of unbranched alkanes of at least 4 members (excludes halogenated alkanes) is 2. The number of rotatable bonds is 8. The molecule has 0 atom stereocenters. The number of hydrogen-bond acceptors (Lipinski definition) is 3. The molecule has 0 aliphatic rings. The molecule has 0 aliphatic heterocycles. The number of carbonyl (C=O) groups excluding carboxylic acids is 1. The first-order valence-corrected chi connectivity index (χ1v) is 8.63. The van der Waals surface area contributed by atoms with Gasteiger partial charge >= 0.3 is 0 Å². The quantitative estimate of drug-likeness (QED) is 0.514. The zero-order valence-electron chi connectivity index (χ0n) is 15.1. The van der Waals surface area contributed by atoms with Gasteiger partial charge in [-0.1, -0.05) is 49.1 Å². The van der Waals surface area contributed by atoms with E-state index in [2.05, 4.69) is 17.6 Å². The molecule has 0 radical (unpaired) electrons. The van der Waals surface area contributed by atoms with Gasteiger partial charge in [0.15, 0.2) is 0 Å². The van der Waals surface area contributed by atoms with Crippen molar-refractivity contribution in [3.63, 3.8) is 0 Å². The fourth-order valence-corrected chi connectivity index (χ4v) is 2.55. The highest BCUT2D eigenvalue weighted by molar-refractivity contribution is 5.97. The number of allylic oxidation sites excluding steroid dienone is 1. The van der Waals surface area contributed by atoms with Crippen LogP contribution in [0.2, 0.25) is 0 Å². The van der Waals surface area contributed by atoms with Crippen molar-refractivity contribution in [2.24, 2.45) is 0 Å². The fraction of sp³-hybridized carbons (Fsp3) is 0.227. The van der Waals surface area contributed by atoms with Gasteiger partial charge in [-0.3, -0.25) is 9.78 Å². The summed E-state index contributed by atoms with van der Waals surface area (Å²) in [6.07, 6.45) is 5.63. The molecule has 0 aliphatic carbocycles. The lowest BCUT2D eigenvalue weighted by atomic mass is 10.1. The molecule has 1 aromatic carbocycles. The molecule has 4 heteroatoms. The van der Waals surface area contributed by atoms with Crippen LogP contribution in [0.5, 0.6) is 0 Å². The Labute approximate surface area is 155 Å². The van der Waals surface area contributed by atoms with E-state index in [9.17, 15) is 4.79 Å². The lowest BCUT2D eigenvalue weighted by Gasteiger charge is -2.26. The molecular formula is C22H23N3O. The molecule has 4 nitrogen and oxygen atoms in total. The van der Waals surface area contributed by atoms with E-state index >= 15 is 0 Å². The minimum Gasteiger partial charge on any atom is -0.302 e. The fourth-order valence-electron chi connectivity index (χ4n) is 2.55. The third-order valence-corrected chi connectivity index (χ3v) is 3.84. The van der Waals surface area contributed by atoms with Gasteiger partial charge in [0.1, 0.15) is 0 Å². The summed E-state index contributed by atoms with van der Waals surface area (Å²) in [4.78, 5) is 19.0. The van der Waals surface area contributed by atoms with Crippen molar-refractivity contribution < 1.29 is 4.79 Å². The Balaban J connectivity index is 2.41. The SMILES string of the molecule is C=C(C)C(=O)N(Cc1ccccc1)C(=CCCCC#N)c1ccccn1.